The number of halogens is 1. The van der Waals surface area contributed by atoms with E-state index in [0.717, 1.165) is 24.1 Å². The maximum atomic E-state index is 12.6. The van der Waals surface area contributed by atoms with Crippen LogP contribution in [-0.4, -0.2) is 17.5 Å². The Morgan fingerprint density at radius 1 is 1.19 bits per heavy atom. The van der Waals surface area contributed by atoms with Crippen molar-refractivity contribution in [3.63, 3.8) is 0 Å². The van der Waals surface area contributed by atoms with Gasteiger partial charge in [-0.3, -0.25) is 9.79 Å². The Kier molecular flexibility index (Phi) is 4.04. The molecule has 6 heteroatoms. The van der Waals surface area contributed by atoms with Crippen LogP contribution >= 0.6 is 11.6 Å². The molecular weight excluding hydrogens is 348 g/mol. The fraction of sp³-hybridized carbons (Fsp3) is 0.250. The number of amides is 1. The van der Waals surface area contributed by atoms with Gasteiger partial charge >= 0.3 is 0 Å². The molecular formula is C20H19ClN4O. The highest BCUT2D eigenvalue weighted by Gasteiger charge is 2.49. The van der Waals surface area contributed by atoms with Crippen LogP contribution in [0.4, 0.5) is 5.69 Å². The molecule has 1 amide bonds. The van der Waals surface area contributed by atoms with Crippen LogP contribution < -0.4 is 11.1 Å². The predicted molar refractivity (Wildman–Crippen MR) is 105 cm³/mol. The number of hydrogen-bond acceptors (Lipinski definition) is 4. The Labute approximate surface area is 157 Å². The lowest BCUT2D eigenvalue weighted by atomic mass is 9.94. The Hall–Kier alpha value is -2.66. The monoisotopic (exact) mass is 366 g/mol. The second-order valence-electron chi connectivity index (χ2n) is 6.74. The first-order valence-corrected chi connectivity index (χ1v) is 8.95. The maximum Gasteiger partial charge on any atom is 0.255 e. The van der Waals surface area contributed by atoms with Crippen molar-refractivity contribution in [2.75, 3.05) is 5.32 Å². The molecule has 1 unspecified atom stereocenters. The molecule has 2 aliphatic rings. The van der Waals surface area contributed by atoms with Gasteiger partial charge in [-0.2, -0.15) is 0 Å². The minimum absolute atomic E-state index is 0.184. The highest BCUT2D eigenvalue weighted by molar-refractivity contribution is 6.41. The van der Waals surface area contributed by atoms with Gasteiger partial charge in [-0.15, -0.1) is 0 Å². The zero-order valence-electron chi connectivity index (χ0n) is 14.4. The quantitative estimate of drug-likeness (QED) is 0.858. The fourth-order valence-electron chi connectivity index (χ4n) is 3.26. The van der Waals surface area contributed by atoms with Crippen molar-refractivity contribution in [3.05, 3.63) is 64.7 Å². The van der Waals surface area contributed by atoms with Gasteiger partial charge < -0.3 is 11.1 Å². The van der Waals surface area contributed by atoms with Crippen LogP contribution in [0.25, 0.3) is 0 Å². The molecule has 1 aliphatic carbocycles. The van der Waals surface area contributed by atoms with E-state index in [4.69, 9.17) is 22.3 Å². The van der Waals surface area contributed by atoms with Crippen molar-refractivity contribution in [1.82, 2.24) is 0 Å². The van der Waals surface area contributed by atoms with Crippen LogP contribution in [0.15, 0.2) is 58.5 Å². The molecule has 0 aromatic heterocycles. The van der Waals surface area contributed by atoms with Crippen molar-refractivity contribution in [2.24, 2.45) is 21.6 Å². The van der Waals surface area contributed by atoms with Gasteiger partial charge in [0, 0.05) is 27.8 Å². The molecule has 132 valence electrons. The summed E-state index contributed by atoms with van der Waals surface area (Å²) in [6.07, 6.45) is 2.13. The SMILES string of the molecule is CC1=NC(c2cccc(C(=O)Nc3ccc(Cl)cc3)c2)(C2CC2)N=C1N. The van der Waals surface area contributed by atoms with Gasteiger partial charge in [-0.05, 0) is 56.2 Å². The molecule has 0 radical (unpaired) electrons. The topological polar surface area (TPSA) is 79.8 Å². The summed E-state index contributed by atoms with van der Waals surface area (Å²) in [6, 6.07) is 14.5. The first-order valence-electron chi connectivity index (χ1n) is 8.57. The number of anilines is 1. The Morgan fingerprint density at radius 3 is 2.54 bits per heavy atom. The number of nitrogens with zero attached hydrogens (tertiary/aromatic N) is 2. The van der Waals surface area contributed by atoms with Gasteiger partial charge in [0.1, 0.15) is 5.84 Å². The zero-order chi connectivity index (χ0) is 18.3. The Bertz CT molecular complexity index is 911. The molecule has 4 rings (SSSR count). The lowest BCUT2D eigenvalue weighted by Gasteiger charge is -2.24. The summed E-state index contributed by atoms with van der Waals surface area (Å²) in [6.45, 7) is 1.88. The summed E-state index contributed by atoms with van der Waals surface area (Å²) in [5.74, 6) is 0.636. The number of nitrogens with one attached hydrogen (secondary N) is 1. The van der Waals surface area contributed by atoms with E-state index in [1.54, 1.807) is 30.3 Å². The predicted octanol–water partition coefficient (Wildman–Crippen LogP) is 3.99. The van der Waals surface area contributed by atoms with E-state index in [1.165, 1.54) is 0 Å². The molecule has 2 aromatic rings. The standard InChI is InChI=1S/C20H19ClN4O/c1-12-18(22)25-20(24-12,14-5-6-14)15-4-2-3-13(11-15)19(26)23-17-9-7-16(21)8-10-17/h2-4,7-11,14H,5-6H2,1H3,(H2,22,25)(H,23,26). The highest BCUT2D eigenvalue weighted by Crippen LogP contribution is 2.51. The third kappa shape index (κ3) is 2.99. The van der Waals surface area contributed by atoms with Gasteiger partial charge in [-0.25, -0.2) is 4.99 Å². The molecule has 1 aliphatic heterocycles. The third-order valence-corrected chi connectivity index (χ3v) is 5.05. The summed E-state index contributed by atoms with van der Waals surface area (Å²) in [5.41, 5.74) is 8.24. The highest BCUT2D eigenvalue weighted by atomic mass is 35.5. The number of nitrogens with two attached hydrogens (primary N) is 1. The molecule has 26 heavy (non-hydrogen) atoms. The van der Waals surface area contributed by atoms with E-state index in [-0.39, 0.29) is 5.91 Å². The van der Waals surface area contributed by atoms with Gasteiger partial charge in [0.15, 0.2) is 5.66 Å². The molecule has 0 bridgehead atoms. The molecule has 1 heterocycles. The van der Waals surface area contributed by atoms with Crippen LogP contribution in [0.5, 0.6) is 0 Å². The fourth-order valence-corrected chi connectivity index (χ4v) is 3.39. The summed E-state index contributed by atoms with van der Waals surface area (Å²) in [5, 5.41) is 3.51. The number of carbonyl (C=O) groups is 1. The molecule has 1 fully saturated rings. The van der Waals surface area contributed by atoms with E-state index < -0.39 is 5.66 Å². The van der Waals surface area contributed by atoms with E-state index in [2.05, 4.69) is 10.3 Å². The number of hydrogen-bond donors (Lipinski definition) is 2. The van der Waals surface area contributed by atoms with Gasteiger partial charge in [-0.1, -0.05) is 23.7 Å². The molecule has 2 aromatic carbocycles. The molecule has 0 saturated heterocycles. The normalized spacial score (nSPS) is 21.9. The average molecular weight is 367 g/mol. The minimum Gasteiger partial charge on any atom is -0.382 e. The number of benzene rings is 2. The molecule has 1 atom stereocenters. The molecule has 3 N–H and O–H groups in total. The molecule has 1 saturated carbocycles. The first kappa shape index (κ1) is 16.8. The summed E-state index contributed by atoms with van der Waals surface area (Å²) < 4.78 is 0. The summed E-state index contributed by atoms with van der Waals surface area (Å²) >= 11 is 5.89. The Morgan fingerprint density at radius 2 is 1.92 bits per heavy atom. The van der Waals surface area contributed by atoms with Gasteiger partial charge in [0.25, 0.3) is 5.91 Å². The van der Waals surface area contributed by atoms with E-state index in [0.29, 0.717) is 28.0 Å². The van der Waals surface area contributed by atoms with E-state index >= 15 is 0 Å². The first-order chi connectivity index (χ1) is 12.5. The number of rotatable bonds is 4. The number of carbonyl (C=O) groups excluding carboxylic acids is 1. The van der Waals surface area contributed by atoms with Gasteiger partial charge in [0.2, 0.25) is 0 Å². The number of amidine groups is 1. The maximum absolute atomic E-state index is 12.6. The van der Waals surface area contributed by atoms with E-state index in [1.807, 2.05) is 25.1 Å². The van der Waals surface area contributed by atoms with Crippen LogP contribution in [0.1, 0.15) is 35.7 Å². The van der Waals surface area contributed by atoms with Crippen molar-refractivity contribution in [3.8, 4) is 0 Å². The van der Waals surface area contributed by atoms with Crippen LogP contribution in [0.2, 0.25) is 5.02 Å². The van der Waals surface area contributed by atoms with Crippen molar-refractivity contribution in [1.29, 1.82) is 0 Å². The van der Waals surface area contributed by atoms with Crippen molar-refractivity contribution in [2.45, 2.75) is 25.4 Å². The smallest absolute Gasteiger partial charge is 0.255 e. The van der Waals surface area contributed by atoms with Crippen molar-refractivity contribution < 1.29 is 4.79 Å². The van der Waals surface area contributed by atoms with Crippen LogP contribution in [-0.2, 0) is 5.66 Å². The second kappa shape index (κ2) is 6.25. The minimum atomic E-state index is -0.676. The van der Waals surface area contributed by atoms with Gasteiger partial charge in [0.05, 0.1) is 5.71 Å². The summed E-state index contributed by atoms with van der Waals surface area (Å²) in [7, 11) is 0. The zero-order valence-corrected chi connectivity index (χ0v) is 15.1. The Balaban J connectivity index is 1.64. The molecule has 5 nitrogen and oxygen atoms in total. The van der Waals surface area contributed by atoms with Crippen LogP contribution in [0.3, 0.4) is 0 Å². The van der Waals surface area contributed by atoms with Crippen molar-refractivity contribution >= 4 is 34.7 Å². The second-order valence-corrected chi connectivity index (χ2v) is 7.17. The van der Waals surface area contributed by atoms with E-state index in [9.17, 15) is 4.79 Å². The third-order valence-electron chi connectivity index (χ3n) is 4.80. The van der Waals surface area contributed by atoms with Crippen LogP contribution in [0, 0.1) is 5.92 Å². The number of aliphatic imine (C=N–C) groups is 2. The molecule has 0 spiro atoms. The summed E-state index contributed by atoms with van der Waals surface area (Å²) in [4.78, 5) is 22.1. The lowest BCUT2D eigenvalue weighted by Crippen LogP contribution is -2.24. The average Bonchev–Trinajstić information content (AvgIpc) is 3.44. The largest absolute Gasteiger partial charge is 0.382 e. The lowest BCUT2D eigenvalue weighted by molar-refractivity contribution is 0.102.